The third kappa shape index (κ3) is 3.51. The van der Waals surface area contributed by atoms with Crippen molar-refractivity contribution in [2.24, 2.45) is 0 Å². The predicted octanol–water partition coefficient (Wildman–Crippen LogP) is 0.413. The molecule has 0 heterocycles. The first-order valence-corrected chi connectivity index (χ1v) is 5.33. The van der Waals surface area contributed by atoms with Gasteiger partial charge in [-0.25, -0.2) is 4.79 Å². The molecule has 7 nitrogen and oxygen atoms in total. The molecule has 7 heteroatoms. The molecule has 0 bridgehead atoms. The normalized spacial score (nSPS) is 9.63. The van der Waals surface area contributed by atoms with Crippen molar-refractivity contribution in [1.82, 2.24) is 5.32 Å². The molecule has 0 aromatic heterocycles. The lowest BCUT2D eigenvalue weighted by Crippen LogP contribution is -2.30. The Bertz CT molecular complexity index is 460. The molecule has 1 rings (SSSR count). The minimum absolute atomic E-state index is 0.0435. The summed E-state index contributed by atoms with van der Waals surface area (Å²) in [5, 5.41) is 10.7. The highest BCUT2D eigenvalue weighted by molar-refractivity contribution is 6.31. The standard InChI is InChI=1S/C12H15NO6/c1-17-8-4-7(6-13-11(14)12(15)16)5-9(18-2)10(8)19-3/h4-5H,6H2,1-3H3,(H,13,14)(H,15,16). The third-order valence-electron chi connectivity index (χ3n) is 2.37. The number of nitrogens with one attached hydrogen (secondary N) is 1. The molecule has 0 aliphatic heterocycles. The van der Waals surface area contributed by atoms with E-state index in [9.17, 15) is 9.59 Å². The fourth-order valence-electron chi connectivity index (χ4n) is 1.50. The van der Waals surface area contributed by atoms with Crippen molar-refractivity contribution in [3.8, 4) is 17.2 Å². The van der Waals surface area contributed by atoms with Crippen molar-refractivity contribution < 1.29 is 28.9 Å². The lowest BCUT2D eigenvalue weighted by molar-refractivity contribution is -0.150. The Morgan fingerprint density at radius 2 is 1.63 bits per heavy atom. The van der Waals surface area contributed by atoms with E-state index in [0.717, 1.165) is 0 Å². The Labute approximate surface area is 110 Å². The van der Waals surface area contributed by atoms with E-state index >= 15 is 0 Å². The van der Waals surface area contributed by atoms with E-state index in [1.54, 1.807) is 12.1 Å². The topological polar surface area (TPSA) is 94.1 Å². The molecule has 104 valence electrons. The second-order valence-electron chi connectivity index (χ2n) is 3.52. The summed E-state index contributed by atoms with van der Waals surface area (Å²) in [5.41, 5.74) is 0.629. The van der Waals surface area contributed by atoms with E-state index in [4.69, 9.17) is 19.3 Å². The molecular formula is C12H15NO6. The highest BCUT2D eigenvalue weighted by Crippen LogP contribution is 2.38. The minimum atomic E-state index is -1.53. The van der Waals surface area contributed by atoms with Gasteiger partial charge in [-0.3, -0.25) is 4.79 Å². The van der Waals surface area contributed by atoms with E-state index in [-0.39, 0.29) is 6.54 Å². The SMILES string of the molecule is COc1cc(CNC(=O)C(=O)O)cc(OC)c1OC. The number of carboxylic acids is 1. The Kier molecular flexibility index (Phi) is 4.99. The number of methoxy groups -OCH3 is 3. The molecule has 1 aromatic carbocycles. The number of amides is 1. The first-order valence-electron chi connectivity index (χ1n) is 5.33. The molecular weight excluding hydrogens is 254 g/mol. The average molecular weight is 269 g/mol. The van der Waals surface area contributed by atoms with Crippen LogP contribution < -0.4 is 19.5 Å². The molecule has 0 saturated heterocycles. The van der Waals surface area contributed by atoms with Crippen LogP contribution in [-0.2, 0) is 16.1 Å². The van der Waals surface area contributed by atoms with Gasteiger partial charge in [0.05, 0.1) is 21.3 Å². The predicted molar refractivity (Wildman–Crippen MR) is 65.6 cm³/mol. The van der Waals surface area contributed by atoms with Crippen molar-refractivity contribution >= 4 is 11.9 Å². The van der Waals surface area contributed by atoms with E-state index in [1.165, 1.54) is 21.3 Å². The van der Waals surface area contributed by atoms with Crippen LogP contribution in [0.25, 0.3) is 0 Å². The van der Waals surface area contributed by atoms with Crippen LogP contribution in [0.15, 0.2) is 12.1 Å². The number of aliphatic carboxylic acids is 1. The van der Waals surface area contributed by atoms with Gasteiger partial charge in [0.15, 0.2) is 11.5 Å². The van der Waals surface area contributed by atoms with Crippen molar-refractivity contribution in [2.45, 2.75) is 6.54 Å². The zero-order valence-electron chi connectivity index (χ0n) is 10.9. The first kappa shape index (κ1) is 14.6. The lowest BCUT2D eigenvalue weighted by Gasteiger charge is -2.14. The van der Waals surface area contributed by atoms with Gasteiger partial charge in [-0.1, -0.05) is 0 Å². The van der Waals surface area contributed by atoms with E-state index in [0.29, 0.717) is 22.8 Å². The number of carbonyl (C=O) groups is 2. The van der Waals surface area contributed by atoms with Gasteiger partial charge in [-0.2, -0.15) is 0 Å². The summed E-state index contributed by atoms with van der Waals surface area (Å²) in [5.74, 6) is -1.32. The Hall–Kier alpha value is -2.44. The van der Waals surface area contributed by atoms with Gasteiger partial charge in [0.25, 0.3) is 0 Å². The van der Waals surface area contributed by atoms with Gasteiger partial charge in [0.1, 0.15) is 0 Å². The molecule has 0 saturated carbocycles. The molecule has 2 N–H and O–H groups in total. The van der Waals surface area contributed by atoms with Crippen LogP contribution in [0, 0.1) is 0 Å². The third-order valence-corrected chi connectivity index (χ3v) is 2.37. The second kappa shape index (κ2) is 6.48. The smallest absolute Gasteiger partial charge is 0.394 e. The number of hydrogen-bond donors (Lipinski definition) is 2. The molecule has 0 fully saturated rings. The lowest BCUT2D eigenvalue weighted by atomic mass is 10.1. The number of carboxylic acid groups (broad SMARTS) is 1. The van der Waals surface area contributed by atoms with E-state index in [1.807, 2.05) is 0 Å². The van der Waals surface area contributed by atoms with Crippen molar-refractivity contribution in [2.75, 3.05) is 21.3 Å². The molecule has 0 unspecified atom stereocenters. The Morgan fingerprint density at radius 3 is 2.00 bits per heavy atom. The highest BCUT2D eigenvalue weighted by atomic mass is 16.5. The van der Waals surface area contributed by atoms with Gasteiger partial charge in [-0.15, -0.1) is 0 Å². The molecule has 0 atom stereocenters. The van der Waals surface area contributed by atoms with Crippen molar-refractivity contribution in [3.05, 3.63) is 17.7 Å². The summed E-state index contributed by atoms with van der Waals surface area (Å²) < 4.78 is 15.4. The molecule has 0 aliphatic rings. The van der Waals surface area contributed by atoms with Gasteiger partial charge < -0.3 is 24.6 Å². The quantitative estimate of drug-likeness (QED) is 0.752. The molecule has 0 spiro atoms. The fourth-order valence-corrected chi connectivity index (χ4v) is 1.50. The van der Waals surface area contributed by atoms with Crippen LogP contribution in [0.1, 0.15) is 5.56 Å². The summed E-state index contributed by atoms with van der Waals surface area (Å²) in [4.78, 5) is 21.3. The fraction of sp³-hybridized carbons (Fsp3) is 0.333. The zero-order chi connectivity index (χ0) is 14.4. The van der Waals surface area contributed by atoms with E-state index in [2.05, 4.69) is 5.32 Å². The maximum absolute atomic E-state index is 11.0. The van der Waals surface area contributed by atoms with Crippen molar-refractivity contribution in [1.29, 1.82) is 0 Å². The van der Waals surface area contributed by atoms with Gasteiger partial charge in [-0.05, 0) is 17.7 Å². The molecule has 0 aliphatic carbocycles. The van der Waals surface area contributed by atoms with Gasteiger partial charge >= 0.3 is 11.9 Å². The Balaban J connectivity index is 2.96. The number of benzene rings is 1. The minimum Gasteiger partial charge on any atom is -0.493 e. The maximum atomic E-state index is 11.0. The second-order valence-corrected chi connectivity index (χ2v) is 3.52. The summed E-state index contributed by atoms with van der Waals surface area (Å²) in [6, 6.07) is 3.26. The van der Waals surface area contributed by atoms with Gasteiger partial charge in [0.2, 0.25) is 5.75 Å². The van der Waals surface area contributed by atoms with Crippen molar-refractivity contribution in [3.63, 3.8) is 0 Å². The Morgan fingerprint density at radius 1 is 1.11 bits per heavy atom. The van der Waals surface area contributed by atoms with Crippen LogP contribution in [0.5, 0.6) is 17.2 Å². The van der Waals surface area contributed by atoms with Crippen LogP contribution in [-0.4, -0.2) is 38.3 Å². The van der Waals surface area contributed by atoms with Crippen LogP contribution in [0.2, 0.25) is 0 Å². The van der Waals surface area contributed by atoms with Crippen LogP contribution in [0.3, 0.4) is 0 Å². The molecule has 0 radical (unpaired) electrons. The average Bonchev–Trinajstić information content (AvgIpc) is 2.42. The maximum Gasteiger partial charge on any atom is 0.394 e. The van der Waals surface area contributed by atoms with Crippen LogP contribution in [0.4, 0.5) is 0 Å². The monoisotopic (exact) mass is 269 g/mol. The number of hydrogen-bond acceptors (Lipinski definition) is 5. The summed E-state index contributed by atoms with van der Waals surface area (Å²) in [6.07, 6.45) is 0. The summed E-state index contributed by atoms with van der Waals surface area (Å²) in [6.45, 7) is 0.0435. The number of carbonyl (C=O) groups excluding carboxylic acids is 1. The summed E-state index contributed by atoms with van der Waals surface area (Å²) >= 11 is 0. The first-order chi connectivity index (χ1) is 9.03. The number of ether oxygens (including phenoxy) is 3. The molecule has 19 heavy (non-hydrogen) atoms. The molecule has 1 amide bonds. The largest absolute Gasteiger partial charge is 0.493 e. The molecule has 1 aromatic rings. The van der Waals surface area contributed by atoms with Crippen LogP contribution >= 0.6 is 0 Å². The van der Waals surface area contributed by atoms with Gasteiger partial charge in [0, 0.05) is 6.54 Å². The highest BCUT2D eigenvalue weighted by Gasteiger charge is 2.15. The number of rotatable bonds is 5. The van der Waals surface area contributed by atoms with E-state index < -0.39 is 11.9 Å². The summed E-state index contributed by atoms with van der Waals surface area (Å²) in [7, 11) is 4.42. The zero-order valence-corrected chi connectivity index (χ0v) is 10.9.